The predicted molar refractivity (Wildman–Crippen MR) is 58.1 cm³/mol. The van der Waals surface area contributed by atoms with Crippen LogP contribution in [-0.2, 0) is 9.59 Å². The van der Waals surface area contributed by atoms with Gasteiger partial charge in [-0.15, -0.1) is 0 Å². The topological polar surface area (TPSA) is 133 Å². The Bertz CT molecular complexity index is 294. The van der Waals surface area contributed by atoms with Gasteiger partial charge < -0.3 is 26.2 Å². The van der Waals surface area contributed by atoms with Crippen molar-refractivity contribution in [3.05, 3.63) is 0 Å². The SMILES string of the molecule is CCN(CC(N)=O)C(=O)NC(CCO)C(=O)O. The molecule has 0 fully saturated rings. The van der Waals surface area contributed by atoms with Crippen LogP contribution in [0.2, 0.25) is 0 Å². The molecule has 1 atom stereocenters. The van der Waals surface area contributed by atoms with E-state index in [0.717, 1.165) is 4.90 Å². The lowest BCUT2D eigenvalue weighted by atomic mass is 10.2. The molecule has 0 spiro atoms. The summed E-state index contributed by atoms with van der Waals surface area (Å²) >= 11 is 0. The van der Waals surface area contributed by atoms with Crippen LogP contribution in [0.25, 0.3) is 0 Å². The molecule has 8 heteroatoms. The number of nitrogens with one attached hydrogen (secondary N) is 1. The highest BCUT2D eigenvalue weighted by Crippen LogP contribution is 1.95. The molecule has 5 N–H and O–H groups in total. The zero-order valence-electron chi connectivity index (χ0n) is 9.55. The highest BCUT2D eigenvalue weighted by molar-refractivity contribution is 5.86. The Labute approximate surface area is 98.4 Å². The second kappa shape index (κ2) is 7.44. The standard InChI is InChI=1S/C9H17N3O5/c1-2-12(5-7(10)14)9(17)11-6(3-4-13)8(15)16/h6,13H,2-5H2,1H3,(H2,10,14)(H,11,17)(H,15,16). The Morgan fingerprint density at radius 3 is 2.35 bits per heavy atom. The van der Waals surface area contributed by atoms with Gasteiger partial charge in [0.2, 0.25) is 5.91 Å². The van der Waals surface area contributed by atoms with Crippen molar-refractivity contribution in [1.82, 2.24) is 10.2 Å². The molecule has 0 radical (unpaired) electrons. The number of aliphatic hydroxyl groups is 1. The molecule has 0 aliphatic carbocycles. The van der Waals surface area contributed by atoms with Gasteiger partial charge in [0.15, 0.2) is 0 Å². The van der Waals surface area contributed by atoms with E-state index in [0.29, 0.717) is 0 Å². The van der Waals surface area contributed by atoms with Gasteiger partial charge in [0, 0.05) is 19.6 Å². The minimum Gasteiger partial charge on any atom is -0.480 e. The molecule has 98 valence electrons. The molecular weight excluding hydrogens is 230 g/mol. The van der Waals surface area contributed by atoms with E-state index < -0.39 is 23.9 Å². The van der Waals surface area contributed by atoms with Crippen molar-refractivity contribution in [3.63, 3.8) is 0 Å². The number of aliphatic carboxylic acids is 1. The molecule has 0 aliphatic heterocycles. The van der Waals surface area contributed by atoms with Crippen LogP contribution in [0.4, 0.5) is 4.79 Å². The quantitative estimate of drug-likeness (QED) is 0.427. The Morgan fingerprint density at radius 1 is 1.41 bits per heavy atom. The zero-order chi connectivity index (χ0) is 13.4. The van der Waals surface area contributed by atoms with Gasteiger partial charge >= 0.3 is 12.0 Å². The third-order valence-electron chi connectivity index (χ3n) is 2.03. The lowest BCUT2D eigenvalue weighted by Crippen LogP contribution is -2.50. The fraction of sp³-hybridized carbons (Fsp3) is 0.667. The van der Waals surface area contributed by atoms with Gasteiger partial charge in [0.25, 0.3) is 0 Å². The number of amides is 3. The van der Waals surface area contributed by atoms with Crippen LogP contribution in [0.15, 0.2) is 0 Å². The van der Waals surface area contributed by atoms with Crippen LogP contribution in [0.3, 0.4) is 0 Å². The molecule has 8 nitrogen and oxygen atoms in total. The number of nitrogens with zero attached hydrogens (tertiary/aromatic N) is 1. The molecule has 0 aliphatic rings. The number of aliphatic hydroxyl groups excluding tert-OH is 1. The number of urea groups is 1. The van der Waals surface area contributed by atoms with Crippen LogP contribution in [0, 0.1) is 0 Å². The number of hydrogen-bond acceptors (Lipinski definition) is 4. The van der Waals surface area contributed by atoms with E-state index >= 15 is 0 Å². The molecule has 17 heavy (non-hydrogen) atoms. The number of carboxylic acid groups (broad SMARTS) is 1. The molecule has 0 aromatic rings. The number of carboxylic acids is 1. The summed E-state index contributed by atoms with van der Waals surface area (Å²) in [4.78, 5) is 34.0. The Kier molecular flexibility index (Phi) is 6.64. The van der Waals surface area contributed by atoms with E-state index in [1.54, 1.807) is 6.92 Å². The highest BCUT2D eigenvalue weighted by atomic mass is 16.4. The van der Waals surface area contributed by atoms with Crippen molar-refractivity contribution in [2.24, 2.45) is 5.73 Å². The van der Waals surface area contributed by atoms with Crippen molar-refractivity contribution in [3.8, 4) is 0 Å². The number of carbonyl (C=O) groups is 3. The molecular formula is C9H17N3O5. The second-order valence-electron chi connectivity index (χ2n) is 3.33. The monoisotopic (exact) mass is 247 g/mol. The van der Waals surface area contributed by atoms with E-state index in [9.17, 15) is 14.4 Å². The van der Waals surface area contributed by atoms with E-state index in [-0.39, 0.29) is 26.1 Å². The summed E-state index contributed by atoms with van der Waals surface area (Å²) in [5.74, 6) is -1.93. The largest absolute Gasteiger partial charge is 0.480 e. The van der Waals surface area contributed by atoms with Gasteiger partial charge in [0.05, 0.1) is 0 Å². The van der Waals surface area contributed by atoms with Crippen LogP contribution in [0.1, 0.15) is 13.3 Å². The molecule has 0 aromatic heterocycles. The Morgan fingerprint density at radius 2 is 2.00 bits per heavy atom. The van der Waals surface area contributed by atoms with Crippen molar-refractivity contribution in [2.75, 3.05) is 19.7 Å². The smallest absolute Gasteiger partial charge is 0.326 e. The third kappa shape index (κ3) is 5.71. The maximum atomic E-state index is 11.6. The van der Waals surface area contributed by atoms with Crippen molar-refractivity contribution in [1.29, 1.82) is 0 Å². The fourth-order valence-electron chi connectivity index (χ4n) is 1.14. The van der Waals surface area contributed by atoms with Gasteiger partial charge in [-0.2, -0.15) is 0 Å². The van der Waals surface area contributed by atoms with Crippen molar-refractivity contribution < 1.29 is 24.6 Å². The summed E-state index contributed by atoms with van der Waals surface area (Å²) < 4.78 is 0. The van der Waals surface area contributed by atoms with E-state index in [4.69, 9.17) is 15.9 Å². The normalized spacial score (nSPS) is 11.6. The van der Waals surface area contributed by atoms with Crippen LogP contribution in [-0.4, -0.2) is 58.8 Å². The van der Waals surface area contributed by atoms with Crippen molar-refractivity contribution >= 4 is 17.9 Å². The molecule has 0 bridgehead atoms. The molecule has 0 heterocycles. The summed E-state index contributed by atoms with van der Waals surface area (Å²) in [5.41, 5.74) is 4.94. The summed E-state index contributed by atoms with van der Waals surface area (Å²) in [6, 6.07) is -1.89. The number of rotatable bonds is 7. The maximum Gasteiger partial charge on any atom is 0.326 e. The molecule has 0 saturated heterocycles. The minimum atomic E-state index is -1.25. The maximum absolute atomic E-state index is 11.6. The first-order chi connectivity index (χ1) is 7.92. The van der Waals surface area contributed by atoms with Gasteiger partial charge in [-0.1, -0.05) is 0 Å². The third-order valence-corrected chi connectivity index (χ3v) is 2.03. The average molecular weight is 247 g/mol. The highest BCUT2D eigenvalue weighted by Gasteiger charge is 2.22. The van der Waals surface area contributed by atoms with Crippen LogP contribution in [0.5, 0.6) is 0 Å². The molecule has 1 unspecified atom stereocenters. The lowest BCUT2D eigenvalue weighted by Gasteiger charge is -2.22. The average Bonchev–Trinajstić information content (AvgIpc) is 2.24. The number of carbonyl (C=O) groups excluding carboxylic acids is 2. The summed E-state index contributed by atoms with van der Waals surface area (Å²) in [7, 11) is 0. The molecule has 0 rings (SSSR count). The van der Waals surface area contributed by atoms with Gasteiger partial charge in [-0.05, 0) is 6.92 Å². The Hall–Kier alpha value is -1.83. The first kappa shape index (κ1) is 15.2. The number of likely N-dealkylation sites (N-methyl/N-ethyl adjacent to an activating group) is 1. The number of hydrogen-bond donors (Lipinski definition) is 4. The number of nitrogens with two attached hydrogens (primary N) is 1. The van der Waals surface area contributed by atoms with E-state index in [2.05, 4.69) is 5.32 Å². The Balaban J connectivity index is 4.45. The van der Waals surface area contributed by atoms with E-state index in [1.807, 2.05) is 0 Å². The zero-order valence-corrected chi connectivity index (χ0v) is 9.55. The summed E-state index contributed by atoms with van der Waals surface area (Å²) in [6.45, 7) is 1.21. The second-order valence-corrected chi connectivity index (χ2v) is 3.33. The van der Waals surface area contributed by atoms with E-state index in [1.165, 1.54) is 0 Å². The van der Waals surface area contributed by atoms with Crippen LogP contribution < -0.4 is 11.1 Å². The van der Waals surface area contributed by atoms with Gasteiger partial charge in [-0.25, -0.2) is 9.59 Å². The molecule has 0 saturated carbocycles. The first-order valence-electron chi connectivity index (χ1n) is 5.09. The first-order valence-corrected chi connectivity index (χ1v) is 5.09. The molecule has 0 aromatic carbocycles. The van der Waals surface area contributed by atoms with Gasteiger partial charge in [-0.3, -0.25) is 4.79 Å². The fourth-order valence-corrected chi connectivity index (χ4v) is 1.14. The van der Waals surface area contributed by atoms with Crippen LogP contribution >= 0.6 is 0 Å². The summed E-state index contributed by atoms with van der Waals surface area (Å²) in [6.07, 6.45) is -0.102. The van der Waals surface area contributed by atoms with Gasteiger partial charge in [0.1, 0.15) is 12.6 Å². The summed E-state index contributed by atoms with van der Waals surface area (Å²) in [5, 5.41) is 19.6. The molecule has 3 amide bonds. The predicted octanol–water partition coefficient (Wildman–Crippen LogP) is -1.66. The lowest BCUT2D eigenvalue weighted by molar-refractivity contribution is -0.139. The van der Waals surface area contributed by atoms with Crippen molar-refractivity contribution in [2.45, 2.75) is 19.4 Å². The minimum absolute atomic E-state index is 0.102. The number of primary amides is 1.